The number of likely N-dealkylation sites (tertiary alicyclic amines) is 1. The highest BCUT2D eigenvalue weighted by Gasteiger charge is 2.30. The van der Waals surface area contributed by atoms with Crippen molar-refractivity contribution in [2.24, 2.45) is 0 Å². The van der Waals surface area contributed by atoms with E-state index in [-0.39, 0.29) is 18.4 Å². The molecular weight excluding hydrogens is 314 g/mol. The summed E-state index contributed by atoms with van der Waals surface area (Å²) in [5.41, 5.74) is 3.55. The lowest BCUT2D eigenvalue weighted by Gasteiger charge is -2.13. The molecule has 0 spiro atoms. The third kappa shape index (κ3) is 2.96. The Labute approximate surface area is 145 Å². The van der Waals surface area contributed by atoms with Gasteiger partial charge in [-0.05, 0) is 12.1 Å². The highest BCUT2D eigenvalue weighted by Crippen LogP contribution is 2.26. The van der Waals surface area contributed by atoms with Crippen LogP contribution in [-0.4, -0.2) is 26.5 Å². The van der Waals surface area contributed by atoms with Gasteiger partial charge in [0.2, 0.25) is 11.8 Å². The smallest absolute Gasteiger partial charge is 0.230 e. The van der Waals surface area contributed by atoms with E-state index >= 15 is 0 Å². The van der Waals surface area contributed by atoms with Crippen LogP contribution in [0.25, 0.3) is 16.9 Å². The third-order valence-electron chi connectivity index (χ3n) is 4.34. The van der Waals surface area contributed by atoms with E-state index in [2.05, 4.69) is 0 Å². The molecule has 1 aliphatic heterocycles. The maximum atomic E-state index is 12.0. The first-order valence-electron chi connectivity index (χ1n) is 8.25. The molecule has 25 heavy (non-hydrogen) atoms. The van der Waals surface area contributed by atoms with Crippen molar-refractivity contribution in [1.29, 1.82) is 0 Å². The molecule has 0 N–H and O–H groups in total. The summed E-state index contributed by atoms with van der Waals surface area (Å²) < 4.78 is 1.79. The van der Waals surface area contributed by atoms with Crippen LogP contribution in [-0.2, 0) is 16.1 Å². The van der Waals surface area contributed by atoms with Gasteiger partial charge in [0.05, 0.1) is 17.9 Å². The average Bonchev–Trinajstić information content (AvgIpc) is 3.22. The summed E-state index contributed by atoms with van der Waals surface area (Å²) in [5.74, 6) is -0.229. The summed E-state index contributed by atoms with van der Waals surface area (Å²) in [7, 11) is 0. The normalized spacial score (nSPS) is 14.3. The second kappa shape index (κ2) is 6.36. The van der Waals surface area contributed by atoms with Crippen molar-refractivity contribution in [2.45, 2.75) is 19.4 Å². The van der Waals surface area contributed by atoms with Gasteiger partial charge < -0.3 is 0 Å². The number of carbonyl (C=O) groups excluding carboxylic acids is 2. The van der Waals surface area contributed by atoms with Gasteiger partial charge in [0.25, 0.3) is 0 Å². The van der Waals surface area contributed by atoms with Crippen molar-refractivity contribution >= 4 is 11.8 Å². The number of carbonyl (C=O) groups is 2. The van der Waals surface area contributed by atoms with Crippen molar-refractivity contribution in [3.8, 4) is 16.9 Å². The minimum atomic E-state index is -0.114. The summed E-state index contributed by atoms with van der Waals surface area (Å²) in [6.07, 6.45) is 2.50. The Balaban J connectivity index is 1.77. The molecule has 3 aromatic rings. The Bertz CT molecular complexity index is 901. The van der Waals surface area contributed by atoms with E-state index in [1.807, 2.05) is 66.9 Å². The Kier molecular flexibility index (Phi) is 3.90. The van der Waals surface area contributed by atoms with Gasteiger partial charge in [-0.15, -0.1) is 0 Å². The van der Waals surface area contributed by atoms with Gasteiger partial charge in [-0.2, -0.15) is 5.10 Å². The number of hydrogen-bond acceptors (Lipinski definition) is 3. The lowest BCUT2D eigenvalue weighted by molar-refractivity contribution is -0.139. The van der Waals surface area contributed by atoms with Crippen molar-refractivity contribution < 1.29 is 9.59 Å². The second-order valence-corrected chi connectivity index (χ2v) is 6.02. The molecule has 1 aliphatic rings. The Morgan fingerprint density at radius 2 is 1.44 bits per heavy atom. The van der Waals surface area contributed by atoms with Crippen LogP contribution in [0.2, 0.25) is 0 Å². The first-order chi connectivity index (χ1) is 12.2. The molecule has 1 saturated heterocycles. The topological polar surface area (TPSA) is 55.2 Å². The molecule has 0 saturated carbocycles. The van der Waals surface area contributed by atoms with E-state index in [4.69, 9.17) is 5.10 Å². The van der Waals surface area contributed by atoms with Gasteiger partial charge in [-0.3, -0.25) is 14.5 Å². The number of nitrogens with zero attached hydrogens (tertiary/aromatic N) is 3. The lowest BCUT2D eigenvalue weighted by Crippen LogP contribution is -2.28. The van der Waals surface area contributed by atoms with E-state index in [1.54, 1.807) is 4.68 Å². The Morgan fingerprint density at radius 3 is 2.08 bits per heavy atom. The Morgan fingerprint density at radius 1 is 0.840 bits per heavy atom. The maximum Gasteiger partial charge on any atom is 0.230 e. The zero-order valence-corrected chi connectivity index (χ0v) is 13.6. The van der Waals surface area contributed by atoms with Crippen LogP contribution in [0.1, 0.15) is 18.4 Å². The SMILES string of the molecule is O=C1CCC(=O)N1Cc1cn(-c2ccccc2)nc1-c1ccccc1. The average molecular weight is 331 g/mol. The van der Waals surface area contributed by atoms with Crippen LogP contribution in [0.5, 0.6) is 0 Å². The van der Waals surface area contributed by atoms with Gasteiger partial charge in [-0.25, -0.2) is 4.68 Å². The predicted octanol–water partition coefficient (Wildman–Crippen LogP) is 3.19. The molecule has 5 heteroatoms. The van der Waals surface area contributed by atoms with E-state index in [0.29, 0.717) is 12.8 Å². The highest BCUT2D eigenvalue weighted by molar-refractivity contribution is 6.01. The molecule has 2 aromatic carbocycles. The minimum absolute atomic E-state index is 0.114. The molecule has 5 nitrogen and oxygen atoms in total. The zero-order chi connectivity index (χ0) is 17.2. The molecule has 0 bridgehead atoms. The lowest BCUT2D eigenvalue weighted by atomic mass is 10.1. The molecule has 0 unspecified atom stereocenters. The first kappa shape index (κ1) is 15.3. The van der Waals surface area contributed by atoms with Gasteiger partial charge in [0, 0.05) is 30.2 Å². The number of rotatable bonds is 4. The van der Waals surface area contributed by atoms with Crippen molar-refractivity contribution in [3.05, 3.63) is 72.4 Å². The van der Waals surface area contributed by atoms with Crippen molar-refractivity contribution in [3.63, 3.8) is 0 Å². The number of imide groups is 1. The summed E-state index contributed by atoms with van der Waals surface area (Å²) in [6, 6.07) is 19.6. The number of para-hydroxylation sites is 1. The first-order valence-corrected chi connectivity index (χ1v) is 8.25. The van der Waals surface area contributed by atoms with E-state index < -0.39 is 0 Å². The number of hydrogen-bond donors (Lipinski definition) is 0. The van der Waals surface area contributed by atoms with Crippen LogP contribution < -0.4 is 0 Å². The summed E-state index contributed by atoms with van der Waals surface area (Å²) in [4.78, 5) is 25.3. The molecule has 4 rings (SSSR count). The van der Waals surface area contributed by atoms with Gasteiger partial charge in [0.15, 0.2) is 0 Å². The monoisotopic (exact) mass is 331 g/mol. The standard InChI is InChI=1S/C20H17N3O2/c24-18-11-12-19(25)22(18)13-16-14-23(17-9-5-2-6-10-17)21-20(16)15-7-3-1-4-8-15/h1-10,14H,11-13H2. The fraction of sp³-hybridized carbons (Fsp3) is 0.150. The molecule has 1 fully saturated rings. The molecule has 2 amide bonds. The van der Waals surface area contributed by atoms with Crippen LogP contribution >= 0.6 is 0 Å². The fourth-order valence-electron chi connectivity index (χ4n) is 3.05. The largest absolute Gasteiger partial charge is 0.278 e. The second-order valence-electron chi connectivity index (χ2n) is 6.02. The van der Waals surface area contributed by atoms with Gasteiger partial charge >= 0.3 is 0 Å². The summed E-state index contributed by atoms with van der Waals surface area (Å²) >= 11 is 0. The molecule has 0 radical (unpaired) electrons. The van der Waals surface area contributed by atoms with E-state index in [0.717, 1.165) is 22.5 Å². The number of amides is 2. The summed E-state index contributed by atoms with van der Waals surface area (Å²) in [5, 5.41) is 4.71. The molecule has 0 atom stereocenters. The van der Waals surface area contributed by atoms with Gasteiger partial charge in [-0.1, -0.05) is 48.5 Å². The maximum absolute atomic E-state index is 12.0. The highest BCUT2D eigenvalue weighted by atomic mass is 16.2. The molecule has 1 aromatic heterocycles. The van der Waals surface area contributed by atoms with Crippen molar-refractivity contribution in [1.82, 2.24) is 14.7 Å². The van der Waals surface area contributed by atoms with Crippen LogP contribution in [0.3, 0.4) is 0 Å². The molecule has 2 heterocycles. The number of benzene rings is 2. The quantitative estimate of drug-likeness (QED) is 0.690. The van der Waals surface area contributed by atoms with E-state index in [9.17, 15) is 9.59 Å². The third-order valence-corrected chi connectivity index (χ3v) is 4.34. The Hall–Kier alpha value is -3.21. The van der Waals surface area contributed by atoms with Crippen LogP contribution in [0.4, 0.5) is 0 Å². The number of aromatic nitrogens is 2. The van der Waals surface area contributed by atoms with Gasteiger partial charge in [0.1, 0.15) is 0 Å². The minimum Gasteiger partial charge on any atom is -0.278 e. The van der Waals surface area contributed by atoms with Crippen LogP contribution in [0.15, 0.2) is 66.9 Å². The predicted molar refractivity (Wildman–Crippen MR) is 93.8 cm³/mol. The van der Waals surface area contributed by atoms with Crippen LogP contribution in [0, 0.1) is 0 Å². The van der Waals surface area contributed by atoms with Crippen molar-refractivity contribution in [2.75, 3.05) is 0 Å². The van der Waals surface area contributed by atoms with E-state index in [1.165, 1.54) is 4.90 Å². The summed E-state index contributed by atoms with van der Waals surface area (Å²) in [6.45, 7) is 0.259. The molecular formula is C20H17N3O2. The fourth-order valence-corrected chi connectivity index (χ4v) is 3.05. The zero-order valence-electron chi connectivity index (χ0n) is 13.6. The molecule has 0 aliphatic carbocycles. The molecule has 124 valence electrons.